The van der Waals surface area contributed by atoms with Crippen molar-refractivity contribution in [1.82, 2.24) is 9.80 Å². The molecule has 4 heteroatoms. The van der Waals surface area contributed by atoms with Crippen LogP contribution < -0.4 is 0 Å². The minimum absolute atomic E-state index is 0.763. The summed E-state index contributed by atoms with van der Waals surface area (Å²) >= 11 is 0. The van der Waals surface area contributed by atoms with Crippen LogP contribution in [0.5, 0.6) is 0 Å². The summed E-state index contributed by atoms with van der Waals surface area (Å²) in [5.41, 5.74) is 0. The molecular formula is C10H18N2O2. The van der Waals surface area contributed by atoms with Crippen molar-refractivity contribution in [1.29, 1.82) is 0 Å². The zero-order valence-electron chi connectivity index (χ0n) is 8.95. The lowest BCUT2D eigenvalue weighted by molar-refractivity contribution is 0.402. The lowest BCUT2D eigenvalue weighted by Gasteiger charge is -2.10. The lowest BCUT2D eigenvalue weighted by atomic mass is 10.2. The van der Waals surface area contributed by atoms with E-state index in [4.69, 9.17) is 0 Å². The first-order valence-electron chi connectivity index (χ1n) is 4.88. The van der Waals surface area contributed by atoms with Crippen LogP contribution in [0.4, 0.5) is 0 Å². The summed E-state index contributed by atoms with van der Waals surface area (Å²) in [6.07, 6.45) is 7.78. The van der Waals surface area contributed by atoms with Crippen molar-refractivity contribution in [2.75, 3.05) is 27.2 Å². The van der Waals surface area contributed by atoms with Gasteiger partial charge in [0, 0.05) is 27.2 Å². The van der Waals surface area contributed by atoms with Gasteiger partial charge in [-0.3, -0.25) is 9.59 Å². The van der Waals surface area contributed by atoms with Crippen molar-refractivity contribution in [3.63, 3.8) is 0 Å². The molecule has 0 saturated carbocycles. The fourth-order valence-corrected chi connectivity index (χ4v) is 1.14. The number of carbonyl (C=O) groups excluding carboxylic acids is 2. The maximum absolute atomic E-state index is 10.1. The Bertz CT molecular complexity index is 144. The van der Waals surface area contributed by atoms with E-state index in [1.807, 2.05) is 0 Å². The predicted octanol–water partition coefficient (Wildman–Crippen LogP) is 0.545. The van der Waals surface area contributed by atoms with E-state index in [1.165, 1.54) is 9.80 Å². The number of nitrogens with zero attached hydrogens (tertiary/aromatic N) is 2. The van der Waals surface area contributed by atoms with E-state index >= 15 is 0 Å². The second-order valence-electron chi connectivity index (χ2n) is 3.44. The summed E-state index contributed by atoms with van der Waals surface area (Å²) in [5, 5.41) is 0. The van der Waals surface area contributed by atoms with Gasteiger partial charge in [0.05, 0.1) is 0 Å². The molecule has 0 bridgehead atoms. The van der Waals surface area contributed by atoms with Crippen LogP contribution in [0.2, 0.25) is 0 Å². The molecule has 0 aliphatic rings. The Hall–Kier alpha value is -1.06. The van der Waals surface area contributed by atoms with Crippen LogP contribution in [-0.4, -0.2) is 49.8 Å². The highest BCUT2D eigenvalue weighted by Gasteiger charge is 1.96. The van der Waals surface area contributed by atoms with Crippen molar-refractivity contribution in [3.8, 4) is 0 Å². The molecule has 0 saturated heterocycles. The van der Waals surface area contributed by atoms with Crippen molar-refractivity contribution >= 4 is 12.8 Å². The molecular weight excluding hydrogens is 180 g/mol. The second kappa shape index (κ2) is 8.53. The molecule has 0 aromatic carbocycles. The molecule has 2 radical (unpaired) electrons. The van der Waals surface area contributed by atoms with Gasteiger partial charge in [0.2, 0.25) is 0 Å². The number of hydrogen-bond acceptors (Lipinski definition) is 2. The zero-order valence-corrected chi connectivity index (χ0v) is 8.95. The van der Waals surface area contributed by atoms with Crippen LogP contribution in [-0.2, 0) is 9.59 Å². The Morgan fingerprint density at radius 1 is 0.786 bits per heavy atom. The standard InChI is InChI=1S/C10H18N2O2/c1-11(9-13)7-5-3-4-6-8-12(2)10-14/h3-8H2,1-2H3. The number of amides is 2. The van der Waals surface area contributed by atoms with Crippen LogP contribution >= 0.6 is 0 Å². The summed E-state index contributed by atoms with van der Waals surface area (Å²) in [6.45, 7) is 1.53. The molecule has 0 fully saturated rings. The molecule has 0 N–H and O–H groups in total. The minimum atomic E-state index is 0.763. The Morgan fingerprint density at radius 3 is 1.43 bits per heavy atom. The van der Waals surface area contributed by atoms with Crippen LogP contribution in [0, 0.1) is 0 Å². The third kappa shape index (κ3) is 7.58. The summed E-state index contributed by atoms with van der Waals surface area (Å²) in [7, 11) is 3.45. The van der Waals surface area contributed by atoms with Gasteiger partial charge in [-0.15, -0.1) is 0 Å². The van der Waals surface area contributed by atoms with Crippen LogP contribution in [0.3, 0.4) is 0 Å². The van der Waals surface area contributed by atoms with Gasteiger partial charge in [-0.1, -0.05) is 12.8 Å². The Kier molecular flexibility index (Phi) is 7.89. The summed E-state index contributed by atoms with van der Waals surface area (Å²) in [6, 6.07) is 0. The number of rotatable bonds is 9. The molecule has 0 aromatic heterocycles. The monoisotopic (exact) mass is 198 g/mol. The van der Waals surface area contributed by atoms with Crippen molar-refractivity contribution in [2.45, 2.75) is 25.7 Å². The van der Waals surface area contributed by atoms with E-state index in [1.54, 1.807) is 26.9 Å². The van der Waals surface area contributed by atoms with E-state index in [9.17, 15) is 9.59 Å². The normalized spacial score (nSPS) is 9.57. The maximum Gasteiger partial charge on any atom is 0.311 e. The van der Waals surface area contributed by atoms with Gasteiger partial charge in [0.15, 0.2) is 0 Å². The molecule has 0 aromatic rings. The molecule has 0 heterocycles. The highest BCUT2D eigenvalue weighted by molar-refractivity contribution is 5.47. The van der Waals surface area contributed by atoms with Crippen LogP contribution in [0.25, 0.3) is 0 Å². The quantitative estimate of drug-likeness (QED) is 0.401. The van der Waals surface area contributed by atoms with Gasteiger partial charge in [-0.2, -0.15) is 0 Å². The molecule has 0 atom stereocenters. The predicted molar refractivity (Wildman–Crippen MR) is 55.1 cm³/mol. The largest absolute Gasteiger partial charge is 0.338 e. The van der Waals surface area contributed by atoms with E-state index < -0.39 is 0 Å². The summed E-state index contributed by atoms with van der Waals surface area (Å²) in [4.78, 5) is 23.2. The van der Waals surface area contributed by atoms with Gasteiger partial charge < -0.3 is 9.80 Å². The van der Waals surface area contributed by atoms with Gasteiger partial charge in [-0.05, 0) is 12.8 Å². The number of unbranched alkanes of at least 4 members (excludes halogenated alkanes) is 3. The molecule has 0 unspecified atom stereocenters. The molecule has 2 amide bonds. The topological polar surface area (TPSA) is 40.6 Å². The first-order valence-corrected chi connectivity index (χ1v) is 4.88. The maximum atomic E-state index is 10.1. The molecule has 14 heavy (non-hydrogen) atoms. The lowest BCUT2D eigenvalue weighted by Crippen LogP contribution is -2.18. The van der Waals surface area contributed by atoms with E-state index in [0.717, 1.165) is 38.8 Å². The van der Waals surface area contributed by atoms with Gasteiger partial charge in [-0.25, -0.2) is 0 Å². The van der Waals surface area contributed by atoms with Crippen molar-refractivity contribution in [2.24, 2.45) is 0 Å². The Balaban J connectivity index is 3.13. The first-order chi connectivity index (χ1) is 6.70. The van der Waals surface area contributed by atoms with Crippen molar-refractivity contribution < 1.29 is 9.59 Å². The molecule has 0 aliphatic heterocycles. The van der Waals surface area contributed by atoms with Gasteiger partial charge in [0.1, 0.15) is 0 Å². The Morgan fingerprint density at radius 2 is 1.14 bits per heavy atom. The fraction of sp³-hybridized carbons (Fsp3) is 0.800. The molecule has 0 rings (SSSR count). The van der Waals surface area contributed by atoms with Crippen molar-refractivity contribution in [3.05, 3.63) is 0 Å². The van der Waals surface area contributed by atoms with E-state index in [2.05, 4.69) is 0 Å². The second-order valence-corrected chi connectivity index (χ2v) is 3.44. The SMILES string of the molecule is CN([C]=O)CCCCCCN(C)[C]=O. The molecule has 0 spiro atoms. The molecule has 80 valence electrons. The van der Waals surface area contributed by atoms with E-state index in [0.29, 0.717) is 0 Å². The fourth-order valence-electron chi connectivity index (χ4n) is 1.14. The molecule has 4 nitrogen and oxygen atoms in total. The summed E-state index contributed by atoms with van der Waals surface area (Å²) < 4.78 is 0. The van der Waals surface area contributed by atoms with Gasteiger partial charge in [0.25, 0.3) is 0 Å². The zero-order chi connectivity index (χ0) is 10.8. The average Bonchev–Trinajstić information content (AvgIpc) is 2.22. The Labute approximate surface area is 85.9 Å². The highest BCUT2D eigenvalue weighted by atomic mass is 16.1. The third-order valence-electron chi connectivity index (χ3n) is 2.05. The number of hydrogen-bond donors (Lipinski definition) is 0. The van der Waals surface area contributed by atoms with E-state index in [-0.39, 0.29) is 0 Å². The first kappa shape index (κ1) is 12.9. The minimum Gasteiger partial charge on any atom is -0.338 e. The van der Waals surface area contributed by atoms with Gasteiger partial charge >= 0.3 is 12.8 Å². The average molecular weight is 198 g/mol. The third-order valence-corrected chi connectivity index (χ3v) is 2.05. The highest BCUT2D eigenvalue weighted by Crippen LogP contribution is 2.00. The summed E-state index contributed by atoms with van der Waals surface area (Å²) in [5.74, 6) is 0. The smallest absolute Gasteiger partial charge is 0.311 e. The van der Waals surface area contributed by atoms with Crippen LogP contribution in [0.15, 0.2) is 0 Å². The molecule has 0 aliphatic carbocycles. The van der Waals surface area contributed by atoms with Crippen LogP contribution in [0.1, 0.15) is 25.7 Å².